The van der Waals surface area contributed by atoms with Crippen LogP contribution in [0.1, 0.15) is 48.9 Å². The van der Waals surface area contributed by atoms with Crippen molar-refractivity contribution in [3.8, 4) is 0 Å². The number of thiazole rings is 1. The first-order chi connectivity index (χ1) is 7.75. The molecule has 1 atom stereocenters. The summed E-state index contributed by atoms with van der Waals surface area (Å²) >= 11 is 1.80. The van der Waals surface area contributed by atoms with E-state index >= 15 is 0 Å². The fourth-order valence-corrected chi connectivity index (χ4v) is 3.30. The van der Waals surface area contributed by atoms with Crippen molar-refractivity contribution in [3.05, 3.63) is 16.1 Å². The highest BCUT2D eigenvalue weighted by atomic mass is 32.1. The third-order valence-corrected chi connectivity index (χ3v) is 4.54. The Hall–Kier alpha value is -0.410. The molecule has 0 unspecified atom stereocenters. The normalized spacial score (nSPS) is 19.9. The highest BCUT2D eigenvalue weighted by Crippen LogP contribution is 2.26. The molecule has 2 nitrogen and oxygen atoms in total. The number of aryl methyl sites for hydroxylation is 1. The van der Waals surface area contributed by atoms with Crippen LogP contribution < -0.4 is 5.32 Å². The van der Waals surface area contributed by atoms with Crippen molar-refractivity contribution in [1.29, 1.82) is 0 Å². The Labute approximate surface area is 102 Å². The zero-order chi connectivity index (χ0) is 11.4. The molecule has 1 heterocycles. The second kappa shape index (κ2) is 5.78. The first-order valence-electron chi connectivity index (χ1n) is 6.40. The fraction of sp³-hybridized carbons (Fsp3) is 0.769. The van der Waals surface area contributed by atoms with Gasteiger partial charge < -0.3 is 5.32 Å². The summed E-state index contributed by atoms with van der Waals surface area (Å²) in [4.78, 5) is 5.65. The average Bonchev–Trinajstić information content (AvgIpc) is 2.73. The standard InChI is InChI=1S/C13H22N2S/c1-10(12-6-4-3-5-7-12)14-8-13-9-15-11(2)16-13/h9-10,12,14H,3-8H2,1-2H3/t10-/m0/s1. The maximum Gasteiger partial charge on any atom is 0.0897 e. The zero-order valence-corrected chi connectivity index (χ0v) is 11.1. The number of rotatable bonds is 4. The average molecular weight is 238 g/mol. The predicted octanol–water partition coefficient (Wildman–Crippen LogP) is 3.51. The van der Waals surface area contributed by atoms with Crippen molar-refractivity contribution >= 4 is 11.3 Å². The van der Waals surface area contributed by atoms with Gasteiger partial charge in [-0.1, -0.05) is 19.3 Å². The highest BCUT2D eigenvalue weighted by molar-refractivity contribution is 7.11. The molecule has 0 spiro atoms. The lowest BCUT2D eigenvalue weighted by molar-refractivity contribution is 0.281. The van der Waals surface area contributed by atoms with E-state index < -0.39 is 0 Å². The van der Waals surface area contributed by atoms with Crippen LogP contribution in [0.5, 0.6) is 0 Å². The van der Waals surface area contributed by atoms with Gasteiger partial charge in [-0.05, 0) is 32.6 Å². The lowest BCUT2D eigenvalue weighted by atomic mass is 9.84. The summed E-state index contributed by atoms with van der Waals surface area (Å²) < 4.78 is 0. The van der Waals surface area contributed by atoms with Crippen molar-refractivity contribution in [3.63, 3.8) is 0 Å². The first-order valence-corrected chi connectivity index (χ1v) is 7.22. The molecule has 0 aromatic carbocycles. The van der Waals surface area contributed by atoms with Crippen molar-refractivity contribution in [2.45, 2.75) is 58.5 Å². The monoisotopic (exact) mass is 238 g/mol. The molecule has 1 aliphatic rings. The Kier molecular flexibility index (Phi) is 4.36. The predicted molar refractivity (Wildman–Crippen MR) is 69.7 cm³/mol. The van der Waals surface area contributed by atoms with Crippen molar-refractivity contribution < 1.29 is 0 Å². The van der Waals surface area contributed by atoms with Crippen LogP contribution >= 0.6 is 11.3 Å². The van der Waals surface area contributed by atoms with E-state index in [9.17, 15) is 0 Å². The largest absolute Gasteiger partial charge is 0.309 e. The van der Waals surface area contributed by atoms with Gasteiger partial charge in [0.15, 0.2) is 0 Å². The molecule has 90 valence electrons. The van der Waals surface area contributed by atoms with E-state index in [1.807, 2.05) is 6.20 Å². The molecule has 1 fully saturated rings. The molecular weight excluding hydrogens is 216 g/mol. The van der Waals surface area contributed by atoms with Gasteiger partial charge in [-0.3, -0.25) is 0 Å². The lowest BCUT2D eigenvalue weighted by Gasteiger charge is -2.28. The van der Waals surface area contributed by atoms with Gasteiger partial charge in [0.2, 0.25) is 0 Å². The molecular formula is C13H22N2S. The number of aromatic nitrogens is 1. The van der Waals surface area contributed by atoms with Gasteiger partial charge in [0, 0.05) is 23.7 Å². The van der Waals surface area contributed by atoms with Crippen LogP contribution in [-0.2, 0) is 6.54 Å². The van der Waals surface area contributed by atoms with Crippen molar-refractivity contribution in [2.75, 3.05) is 0 Å². The Morgan fingerprint density at radius 3 is 2.81 bits per heavy atom. The minimum atomic E-state index is 0.655. The molecule has 0 aliphatic heterocycles. The first kappa shape index (κ1) is 12.1. The lowest BCUT2D eigenvalue weighted by Crippen LogP contribution is -2.34. The molecule has 0 bridgehead atoms. The minimum Gasteiger partial charge on any atom is -0.309 e. The molecule has 2 rings (SSSR count). The molecule has 0 radical (unpaired) electrons. The summed E-state index contributed by atoms with van der Waals surface area (Å²) in [5, 5.41) is 4.82. The van der Waals surface area contributed by atoms with E-state index in [1.165, 1.54) is 42.0 Å². The maximum absolute atomic E-state index is 4.29. The highest BCUT2D eigenvalue weighted by Gasteiger charge is 2.19. The van der Waals surface area contributed by atoms with Gasteiger partial charge in [0.05, 0.1) is 5.01 Å². The smallest absolute Gasteiger partial charge is 0.0897 e. The SMILES string of the molecule is Cc1ncc(CN[C@@H](C)C2CCCCC2)s1. The van der Waals surface area contributed by atoms with Crippen LogP contribution in [0.15, 0.2) is 6.20 Å². The minimum absolute atomic E-state index is 0.655. The summed E-state index contributed by atoms with van der Waals surface area (Å²) in [5.74, 6) is 0.891. The van der Waals surface area contributed by atoms with Crippen LogP contribution in [-0.4, -0.2) is 11.0 Å². The van der Waals surface area contributed by atoms with Gasteiger partial charge in [-0.25, -0.2) is 4.98 Å². The second-order valence-corrected chi connectivity index (χ2v) is 6.23. The van der Waals surface area contributed by atoms with Crippen LogP contribution in [0.2, 0.25) is 0 Å². The Balaban J connectivity index is 1.76. The summed E-state index contributed by atoms with van der Waals surface area (Å²) in [5.41, 5.74) is 0. The Morgan fingerprint density at radius 2 is 2.19 bits per heavy atom. The van der Waals surface area contributed by atoms with E-state index in [1.54, 1.807) is 11.3 Å². The number of nitrogens with zero attached hydrogens (tertiary/aromatic N) is 1. The molecule has 1 aliphatic carbocycles. The summed E-state index contributed by atoms with van der Waals surface area (Å²) in [6.07, 6.45) is 9.12. The van der Waals surface area contributed by atoms with Gasteiger partial charge in [-0.15, -0.1) is 11.3 Å². The number of nitrogens with one attached hydrogen (secondary N) is 1. The zero-order valence-electron chi connectivity index (χ0n) is 10.3. The molecule has 0 saturated heterocycles. The summed E-state index contributed by atoms with van der Waals surface area (Å²) in [7, 11) is 0. The quantitative estimate of drug-likeness (QED) is 0.868. The van der Waals surface area contributed by atoms with Crippen LogP contribution in [0.3, 0.4) is 0 Å². The maximum atomic E-state index is 4.29. The molecule has 1 N–H and O–H groups in total. The molecule has 0 amide bonds. The molecule has 1 aromatic rings. The van der Waals surface area contributed by atoms with E-state index in [2.05, 4.69) is 24.1 Å². The summed E-state index contributed by atoms with van der Waals surface area (Å²) in [6, 6.07) is 0.655. The molecule has 1 saturated carbocycles. The van der Waals surface area contributed by atoms with Crippen LogP contribution in [0, 0.1) is 12.8 Å². The topological polar surface area (TPSA) is 24.9 Å². The second-order valence-electron chi connectivity index (χ2n) is 4.91. The third-order valence-electron chi connectivity index (χ3n) is 3.62. The van der Waals surface area contributed by atoms with Crippen LogP contribution in [0.4, 0.5) is 0 Å². The fourth-order valence-electron chi connectivity index (χ4n) is 2.55. The molecule has 16 heavy (non-hydrogen) atoms. The van der Waals surface area contributed by atoms with Gasteiger partial charge in [-0.2, -0.15) is 0 Å². The molecule has 3 heteroatoms. The van der Waals surface area contributed by atoms with Gasteiger partial charge in [0.25, 0.3) is 0 Å². The van der Waals surface area contributed by atoms with Crippen molar-refractivity contribution in [1.82, 2.24) is 10.3 Å². The van der Waals surface area contributed by atoms with E-state index in [0.717, 1.165) is 12.5 Å². The van der Waals surface area contributed by atoms with E-state index in [4.69, 9.17) is 0 Å². The van der Waals surface area contributed by atoms with E-state index in [-0.39, 0.29) is 0 Å². The third kappa shape index (κ3) is 3.29. The Morgan fingerprint density at radius 1 is 1.44 bits per heavy atom. The van der Waals surface area contributed by atoms with Crippen LogP contribution in [0.25, 0.3) is 0 Å². The van der Waals surface area contributed by atoms with Crippen molar-refractivity contribution in [2.24, 2.45) is 5.92 Å². The van der Waals surface area contributed by atoms with E-state index in [0.29, 0.717) is 6.04 Å². The number of hydrogen-bond donors (Lipinski definition) is 1. The Bertz CT molecular complexity index is 315. The van der Waals surface area contributed by atoms with Gasteiger partial charge >= 0.3 is 0 Å². The van der Waals surface area contributed by atoms with Gasteiger partial charge in [0.1, 0.15) is 0 Å². The summed E-state index contributed by atoms with van der Waals surface area (Å²) in [6.45, 7) is 5.39. The number of hydrogen-bond acceptors (Lipinski definition) is 3. The molecule has 1 aromatic heterocycles.